The summed E-state index contributed by atoms with van der Waals surface area (Å²) in [6.45, 7) is 1.63. The minimum absolute atomic E-state index is 0.0505. The Morgan fingerprint density at radius 3 is 2.52 bits per heavy atom. The average molecular weight is 332 g/mol. The minimum atomic E-state index is -3.77. The molecule has 1 aromatic carbocycles. The molecule has 1 aliphatic rings. The van der Waals surface area contributed by atoms with E-state index in [-0.39, 0.29) is 16.4 Å². The molecule has 1 fully saturated rings. The fourth-order valence-electron chi connectivity index (χ4n) is 2.52. The molecule has 0 radical (unpaired) electrons. The van der Waals surface area contributed by atoms with Crippen LogP contribution in [-0.4, -0.2) is 27.0 Å². The molecule has 21 heavy (non-hydrogen) atoms. The lowest BCUT2D eigenvalue weighted by molar-refractivity contribution is -0.129. The number of benzene rings is 1. The summed E-state index contributed by atoms with van der Waals surface area (Å²) < 4.78 is 28.1. The molecular weight excluding hydrogens is 314 g/mol. The zero-order chi connectivity index (χ0) is 15.7. The molecule has 1 aromatic rings. The number of methoxy groups -OCH3 is 1. The van der Waals surface area contributed by atoms with Crippen molar-refractivity contribution in [2.45, 2.75) is 43.1 Å². The van der Waals surface area contributed by atoms with Gasteiger partial charge in [-0.15, -0.1) is 0 Å². The number of aryl methyl sites for hydroxylation is 1. The Balaban J connectivity index is 2.07. The summed E-state index contributed by atoms with van der Waals surface area (Å²) in [7, 11) is 3.18. The summed E-state index contributed by atoms with van der Waals surface area (Å²) in [6.07, 6.45) is 3.15. The lowest BCUT2D eigenvalue weighted by Gasteiger charge is -2.39. The highest BCUT2D eigenvalue weighted by Gasteiger charge is 2.38. The van der Waals surface area contributed by atoms with Crippen molar-refractivity contribution in [1.82, 2.24) is 0 Å². The molecule has 0 saturated heterocycles. The number of halogens is 1. The largest absolute Gasteiger partial charge is 0.378 e. The lowest BCUT2D eigenvalue weighted by Crippen LogP contribution is -2.42. The summed E-state index contributed by atoms with van der Waals surface area (Å²) >= 11 is 0. The van der Waals surface area contributed by atoms with Crippen LogP contribution in [0.4, 0.5) is 5.69 Å². The molecule has 1 saturated carbocycles. The topological polar surface area (TPSA) is 72.5 Å². The maximum absolute atomic E-state index is 12.0. The van der Waals surface area contributed by atoms with E-state index in [2.05, 4.69) is 5.32 Å². The van der Waals surface area contributed by atoms with Crippen LogP contribution in [0.2, 0.25) is 0 Å². The highest BCUT2D eigenvalue weighted by Crippen LogP contribution is 2.38. The van der Waals surface area contributed by atoms with Gasteiger partial charge >= 0.3 is 0 Å². The van der Waals surface area contributed by atoms with Crippen LogP contribution in [0.5, 0.6) is 0 Å². The summed E-state index contributed by atoms with van der Waals surface area (Å²) in [5.41, 5.74) is 0.707. The van der Waals surface area contributed by atoms with Gasteiger partial charge in [-0.05, 0) is 49.9 Å². The first-order valence-electron chi connectivity index (χ1n) is 6.66. The number of carbonyl (C=O) groups excluding carboxylic acids is 1. The second-order valence-corrected chi connectivity index (χ2v) is 7.92. The van der Waals surface area contributed by atoms with Crippen molar-refractivity contribution in [2.24, 2.45) is 0 Å². The van der Waals surface area contributed by atoms with Gasteiger partial charge in [-0.2, -0.15) is 0 Å². The van der Waals surface area contributed by atoms with E-state index in [1.807, 2.05) is 0 Å². The Morgan fingerprint density at radius 2 is 2.10 bits per heavy atom. The zero-order valence-electron chi connectivity index (χ0n) is 12.0. The zero-order valence-corrected chi connectivity index (χ0v) is 13.6. The number of hydrogen-bond acceptors (Lipinski definition) is 4. The van der Waals surface area contributed by atoms with Crippen molar-refractivity contribution in [3.63, 3.8) is 0 Å². The van der Waals surface area contributed by atoms with Gasteiger partial charge in [0, 0.05) is 23.5 Å². The van der Waals surface area contributed by atoms with Gasteiger partial charge in [0.25, 0.3) is 9.05 Å². The predicted octanol–water partition coefficient (Wildman–Crippen LogP) is 2.82. The highest BCUT2D eigenvalue weighted by atomic mass is 35.7. The number of anilines is 1. The van der Waals surface area contributed by atoms with E-state index in [1.54, 1.807) is 20.1 Å². The number of nitrogens with one attached hydrogen (secondary N) is 1. The van der Waals surface area contributed by atoms with Crippen molar-refractivity contribution in [1.29, 1.82) is 0 Å². The third kappa shape index (κ3) is 3.75. The van der Waals surface area contributed by atoms with Crippen molar-refractivity contribution < 1.29 is 17.9 Å². The van der Waals surface area contributed by atoms with Crippen LogP contribution in [0.1, 0.15) is 31.2 Å². The van der Waals surface area contributed by atoms with E-state index < -0.39 is 9.05 Å². The molecule has 1 N–H and O–H groups in total. The Kier molecular flexibility index (Phi) is 4.60. The van der Waals surface area contributed by atoms with Crippen LogP contribution in [0.15, 0.2) is 23.1 Å². The second-order valence-electron chi connectivity index (χ2n) is 5.38. The molecule has 116 valence electrons. The Hall–Kier alpha value is -1.11. The quantitative estimate of drug-likeness (QED) is 0.842. The fourth-order valence-corrected chi connectivity index (χ4v) is 3.72. The molecule has 1 aliphatic carbocycles. The van der Waals surface area contributed by atoms with Crippen molar-refractivity contribution in [2.75, 3.05) is 12.4 Å². The molecule has 0 aliphatic heterocycles. The van der Waals surface area contributed by atoms with E-state index in [0.717, 1.165) is 19.3 Å². The van der Waals surface area contributed by atoms with Gasteiger partial charge < -0.3 is 10.1 Å². The van der Waals surface area contributed by atoms with Gasteiger partial charge in [-0.25, -0.2) is 8.42 Å². The molecular formula is C14H18ClNO4S. The maximum atomic E-state index is 12.0. The molecule has 0 spiro atoms. The maximum Gasteiger partial charge on any atom is 0.261 e. The number of hydrogen-bond donors (Lipinski definition) is 1. The van der Waals surface area contributed by atoms with Crippen molar-refractivity contribution in [3.05, 3.63) is 23.8 Å². The smallest absolute Gasteiger partial charge is 0.261 e. The standard InChI is InChI=1S/C14H18ClNO4S/c1-10-8-11(4-5-12(10)21(15,18)19)16-13(17)9-14(20-2)6-3-7-14/h4-5,8H,3,6-7,9H2,1-2H3,(H,16,17). The predicted molar refractivity (Wildman–Crippen MR) is 81.1 cm³/mol. The molecule has 1 amide bonds. The second kappa shape index (κ2) is 5.94. The van der Waals surface area contributed by atoms with Gasteiger partial charge in [0.1, 0.15) is 0 Å². The molecule has 5 nitrogen and oxygen atoms in total. The van der Waals surface area contributed by atoms with E-state index in [4.69, 9.17) is 15.4 Å². The molecule has 0 atom stereocenters. The molecule has 0 aromatic heterocycles. The summed E-state index contributed by atoms with van der Waals surface area (Å²) in [5.74, 6) is -0.141. The summed E-state index contributed by atoms with van der Waals surface area (Å²) in [4.78, 5) is 12.1. The van der Waals surface area contributed by atoms with E-state index in [1.165, 1.54) is 12.1 Å². The first kappa shape index (κ1) is 16.3. The number of amides is 1. The van der Waals surface area contributed by atoms with Gasteiger partial charge in [-0.3, -0.25) is 4.79 Å². The van der Waals surface area contributed by atoms with Gasteiger partial charge in [0.2, 0.25) is 5.91 Å². The molecule has 0 bridgehead atoms. The van der Waals surface area contributed by atoms with Crippen LogP contribution < -0.4 is 5.32 Å². The van der Waals surface area contributed by atoms with Gasteiger partial charge in [-0.1, -0.05) is 0 Å². The average Bonchev–Trinajstić information content (AvgIpc) is 2.32. The first-order chi connectivity index (χ1) is 9.76. The molecule has 2 rings (SSSR count). The molecule has 0 heterocycles. The normalized spacial score (nSPS) is 17.1. The van der Waals surface area contributed by atoms with Crippen LogP contribution in [0, 0.1) is 6.92 Å². The van der Waals surface area contributed by atoms with E-state index >= 15 is 0 Å². The van der Waals surface area contributed by atoms with Crippen LogP contribution in [-0.2, 0) is 18.6 Å². The summed E-state index contributed by atoms with van der Waals surface area (Å²) in [6, 6.07) is 4.51. The van der Waals surface area contributed by atoms with E-state index in [0.29, 0.717) is 17.7 Å². The Bertz CT molecular complexity index is 647. The van der Waals surface area contributed by atoms with Gasteiger partial charge in [0.15, 0.2) is 0 Å². The highest BCUT2D eigenvalue weighted by molar-refractivity contribution is 8.13. The first-order valence-corrected chi connectivity index (χ1v) is 8.97. The van der Waals surface area contributed by atoms with Crippen molar-refractivity contribution in [3.8, 4) is 0 Å². The Morgan fingerprint density at radius 1 is 1.43 bits per heavy atom. The molecule has 0 unspecified atom stereocenters. The third-order valence-corrected chi connectivity index (χ3v) is 5.38. The van der Waals surface area contributed by atoms with Crippen molar-refractivity contribution >= 4 is 31.3 Å². The fraction of sp³-hybridized carbons (Fsp3) is 0.500. The number of rotatable bonds is 5. The number of carbonyl (C=O) groups is 1. The lowest BCUT2D eigenvalue weighted by atomic mass is 9.77. The van der Waals surface area contributed by atoms with Gasteiger partial charge in [0.05, 0.1) is 16.9 Å². The molecule has 7 heteroatoms. The monoisotopic (exact) mass is 331 g/mol. The van der Waals surface area contributed by atoms with Crippen LogP contribution >= 0.6 is 10.7 Å². The third-order valence-electron chi connectivity index (χ3n) is 3.90. The SMILES string of the molecule is COC1(CC(=O)Nc2ccc(S(=O)(=O)Cl)c(C)c2)CCC1. The van der Waals surface area contributed by atoms with Crippen LogP contribution in [0.3, 0.4) is 0 Å². The summed E-state index contributed by atoms with van der Waals surface area (Å²) in [5, 5.41) is 2.76. The number of ether oxygens (including phenoxy) is 1. The van der Waals surface area contributed by atoms with Crippen LogP contribution in [0.25, 0.3) is 0 Å². The van der Waals surface area contributed by atoms with E-state index in [9.17, 15) is 13.2 Å². The Labute approximate surface area is 129 Å². The minimum Gasteiger partial charge on any atom is -0.378 e.